The van der Waals surface area contributed by atoms with Gasteiger partial charge in [0.15, 0.2) is 0 Å². The molecule has 0 bridgehead atoms. The van der Waals surface area contributed by atoms with E-state index in [1.165, 1.54) is 32.9 Å². The molecular weight excluding hydrogens is 697 g/mol. The molecule has 4 heterocycles. The maximum Gasteiger partial charge on any atom is 0.136 e. The minimum Gasteiger partial charge on any atom is -0.460 e. The van der Waals surface area contributed by atoms with E-state index in [-0.39, 0.29) is 0 Å². The van der Waals surface area contributed by atoms with Crippen LogP contribution in [0.4, 0.5) is 0 Å². The molecular formula is C53H34N2O2. The molecule has 4 aromatic heterocycles. The fourth-order valence-corrected chi connectivity index (χ4v) is 9.05. The second kappa shape index (κ2) is 12.6. The lowest BCUT2D eigenvalue weighted by Crippen LogP contribution is -1.93. The highest BCUT2D eigenvalue weighted by atomic mass is 16.3. The SMILES string of the molecule is C1=Cc2c(oc3cc(-c4cc(-c5ccccc5)cc(-c5cccc6oc7ccc(-c8cccc9c8c8ccccc8n9-c8ccccc8)cc7c56)n4)ccc23)CC1. The van der Waals surface area contributed by atoms with Crippen molar-refractivity contribution in [2.24, 2.45) is 0 Å². The minimum atomic E-state index is 0.836. The number of pyridine rings is 1. The largest absolute Gasteiger partial charge is 0.460 e. The van der Waals surface area contributed by atoms with Crippen LogP contribution >= 0.6 is 0 Å². The first-order valence-corrected chi connectivity index (χ1v) is 19.6. The van der Waals surface area contributed by atoms with Gasteiger partial charge in [-0.25, -0.2) is 4.98 Å². The zero-order valence-corrected chi connectivity index (χ0v) is 30.9. The first kappa shape index (κ1) is 31.9. The van der Waals surface area contributed by atoms with Crippen molar-refractivity contribution in [1.29, 1.82) is 0 Å². The highest BCUT2D eigenvalue weighted by molar-refractivity contribution is 6.18. The number of benzene rings is 7. The number of aromatic nitrogens is 2. The van der Waals surface area contributed by atoms with E-state index in [4.69, 9.17) is 13.8 Å². The molecule has 57 heavy (non-hydrogen) atoms. The van der Waals surface area contributed by atoms with E-state index in [1.54, 1.807) is 0 Å². The molecule has 0 N–H and O–H groups in total. The van der Waals surface area contributed by atoms with Crippen LogP contribution in [0.1, 0.15) is 17.7 Å². The molecule has 11 aromatic rings. The Labute approximate surface area is 328 Å². The Balaban J connectivity index is 1.06. The molecule has 12 rings (SSSR count). The van der Waals surface area contributed by atoms with Gasteiger partial charge in [0, 0.05) is 55.7 Å². The van der Waals surface area contributed by atoms with Gasteiger partial charge in [0.2, 0.25) is 0 Å². The molecule has 0 atom stereocenters. The number of nitrogens with zero attached hydrogens (tertiary/aromatic N) is 2. The van der Waals surface area contributed by atoms with Gasteiger partial charge in [-0.1, -0.05) is 115 Å². The van der Waals surface area contributed by atoms with Crippen LogP contribution in [0, 0.1) is 0 Å². The van der Waals surface area contributed by atoms with Crippen molar-refractivity contribution >= 4 is 60.8 Å². The molecule has 4 heteroatoms. The first-order valence-electron chi connectivity index (χ1n) is 19.6. The highest BCUT2D eigenvalue weighted by Gasteiger charge is 2.20. The Morgan fingerprint density at radius 2 is 1.23 bits per heavy atom. The lowest BCUT2D eigenvalue weighted by molar-refractivity contribution is 0.546. The number of para-hydroxylation sites is 2. The summed E-state index contributed by atoms with van der Waals surface area (Å²) in [6, 6.07) is 60.4. The topological polar surface area (TPSA) is 44.1 Å². The third-order valence-corrected chi connectivity index (χ3v) is 11.7. The zero-order chi connectivity index (χ0) is 37.5. The quantitative estimate of drug-likeness (QED) is 0.177. The van der Waals surface area contributed by atoms with E-state index in [1.807, 2.05) is 0 Å². The summed E-state index contributed by atoms with van der Waals surface area (Å²) < 4.78 is 15.4. The number of allylic oxidation sites excluding steroid dienone is 1. The average Bonchev–Trinajstić information content (AvgIpc) is 3.96. The van der Waals surface area contributed by atoms with Gasteiger partial charge in [-0.15, -0.1) is 0 Å². The van der Waals surface area contributed by atoms with Crippen LogP contribution in [0.15, 0.2) is 185 Å². The van der Waals surface area contributed by atoms with Gasteiger partial charge in [0.05, 0.1) is 22.4 Å². The first-order chi connectivity index (χ1) is 28.2. The fourth-order valence-electron chi connectivity index (χ4n) is 9.05. The van der Waals surface area contributed by atoms with E-state index < -0.39 is 0 Å². The predicted molar refractivity (Wildman–Crippen MR) is 235 cm³/mol. The molecule has 4 nitrogen and oxygen atoms in total. The zero-order valence-electron chi connectivity index (χ0n) is 30.9. The average molecular weight is 731 g/mol. The van der Waals surface area contributed by atoms with Crippen LogP contribution < -0.4 is 0 Å². The number of furan rings is 2. The summed E-state index contributed by atoms with van der Waals surface area (Å²) in [6.07, 6.45) is 6.36. The molecule has 0 fully saturated rings. The van der Waals surface area contributed by atoms with Crippen LogP contribution in [0.25, 0.3) is 111 Å². The number of aryl methyl sites for hydroxylation is 1. The summed E-state index contributed by atoms with van der Waals surface area (Å²) in [5.74, 6) is 1.06. The summed E-state index contributed by atoms with van der Waals surface area (Å²) in [6.45, 7) is 0. The molecule has 0 aliphatic heterocycles. The molecule has 1 aliphatic rings. The molecule has 0 saturated heterocycles. The van der Waals surface area contributed by atoms with Gasteiger partial charge >= 0.3 is 0 Å². The number of hydrogen-bond acceptors (Lipinski definition) is 3. The second-order valence-electron chi connectivity index (χ2n) is 15.0. The summed E-state index contributed by atoms with van der Waals surface area (Å²) in [5, 5.41) is 5.72. The van der Waals surface area contributed by atoms with E-state index in [0.29, 0.717) is 0 Å². The molecule has 0 amide bonds. The number of fused-ring (bicyclic) bond motifs is 9. The van der Waals surface area contributed by atoms with E-state index in [9.17, 15) is 0 Å². The van der Waals surface area contributed by atoms with Gasteiger partial charge in [-0.3, -0.25) is 0 Å². The summed E-state index contributed by atoms with van der Waals surface area (Å²) in [7, 11) is 0. The normalized spacial score (nSPS) is 12.7. The number of rotatable bonds is 5. The Morgan fingerprint density at radius 3 is 2.14 bits per heavy atom. The van der Waals surface area contributed by atoms with Gasteiger partial charge in [-0.2, -0.15) is 0 Å². The van der Waals surface area contributed by atoms with Crippen molar-refractivity contribution in [1.82, 2.24) is 9.55 Å². The molecule has 0 radical (unpaired) electrons. The molecule has 268 valence electrons. The molecule has 7 aromatic carbocycles. The van der Waals surface area contributed by atoms with Crippen LogP contribution in [-0.2, 0) is 6.42 Å². The maximum atomic E-state index is 6.59. The van der Waals surface area contributed by atoms with Gasteiger partial charge in [0.1, 0.15) is 22.5 Å². The molecule has 0 unspecified atom stereocenters. The van der Waals surface area contributed by atoms with Crippen molar-refractivity contribution < 1.29 is 8.83 Å². The lowest BCUT2D eigenvalue weighted by Gasteiger charge is -2.11. The van der Waals surface area contributed by atoms with Crippen molar-refractivity contribution in [2.45, 2.75) is 12.8 Å². The standard InChI is InChI=1S/C53H34N2O2/c1-3-13-33(14-4-1)36-30-44(35-25-27-40-39-17-8-10-23-48(39)57-51(40)32-35)54-45(31-36)41-20-12-24-50-53(41)43-29-34(26-28-49(43)56-50)38-19-11-22-47-52(38)42-18-7-9-21-46(42)55(47)37-15-5-2-6-16-37/h1-9,11-22,24-32H,10,23H2. The van der Waals surface area contributed by atoms with Crippen molar-refractivity contribution in [3.05, 3.63) is 187 Å². The van der Waals surface area contributed by atoms with E-state index in [2.05, 4.69) is 187 Å². The van der Waals surface area contributed by atoms with Crippen molar-refractivity contribution in [3.63, 3.8) is 0 Å². The molecule has 1 aliphatic carbocycles. The Bertz CT molecular complexity index is 3400. The smallest absolute Gasteiger partial charge is 0.136 e. The minimum absolute atomic E-state index is 0.836. The highest BCUT2D eigenvalue weighted by Crippen LogP contribution is 2.43. The monoisotopic (exact) mass is 730 g/mol. The van der Waals surface area contributed by atoms with Crippen LogP contribution in [-0.4, -0.2) is 9.55 Å². The lowest BCUT2D eigenvalue weighted by atomic mass is 9.95. The predicted octanol–water partition coefficient (Wildman–Crippen LogP) is 14.5. The molecule has 0 saturated carbocycles. The Hall–Kier alpha value is -7.43. The fraction of sp³-hybridized carbons (Fsp3) is 0.0377. The van der Waals surface area contributed by atoms with Gasteiger partial charge < -0.3 is 13.4 Å². The van der Waals surface area contributed by atoms with Crippen molar-refractivity contribution in [3.8, 4) is 50.5 Å². The van der Waals surface area contributed by atoms with Crippen LogP contribution in [0.3, 0.4) is 0 Å². The summed E-state index contributed by atoms with van der Waals surface area (Å²) in [4.78, 5) is 5.41. The number of hydrogen-bond donors (Lipinski definition) is 0. The van der Waals surface area contributed by atoms with Crippen LogP contribution in [0.2, 0.25) is 0 Å². The Kier molecular flexibility index (Phi) is 7.02. The third-order valence-electron chi connectivity index (χ3n) is 11.7. The molecule has 0 spiro atoms. The third kappa shape index (κ3) is 5.04. The van der Waals surface area contributed by atoms with Crippen LogP contribution in [0.5, 0.6) is 0 Å². The van der Waals surface area contributed by atoms with Gasteiger partial charge in [0.25, 0.3) is 0 Å². The summed E-state index contributed by atoms with van der Waals surface area (Å²) >= 11 is 0. The van der Waals surface area contributed by atoms with E-state index in [0.717, 1.165) is 96.4 Å². The van der Waals surface area contributed by atoms with Gasteiger partial charge in [-0.05, 0) is 95.4 Å². The van der Waals surface area contributed by atoms with E-state index >= 15 is 0 Å². The summed E-state index contributed by atoms with van der Waals surface area (Å²) in [5.41, 5.74) is 15.7. The Morgan fingerprint density at radius 1 is 0.456 bits per heavy atom. The second-order valence-corrected chi connectivity index (χ2v) is 15.0. The maximum absolute atomic E-state index is 6.59. The van der Waals surface area contributed by atoms with Crippen molar-refractivity contribution in [2.75, 3.05) is 0 Å².